The molecule has 0 aromatic heterocycles. The van der Waals surface area contributed by atoms with Crippen molar-refractivity contribution in [3.05, 3.63) is 0 Å². The first-order chi connectivity index (χ1) is 6.24. The van der Waals surface area contributed by atoms with Crippen molar-refractivity contribution in [2.75, 3.05) is 0 Å². The van der Waals surface area contributed by atoms with E-state index in [1.54, 1.807) is 0 Å². The summed E-state index contributed by atoms with van der Waals surface area (Å²) < 4.78 is 0. The van der Waals surface area contributed by atoms with Gasteiger partial charge in [0.1, 0.15) is 0 Å². The minimum atomic E-state index is 0.574. The van der Waals surface area contributed by atoms with E-state index in [1.807, 2.05) is 0 Å². The van der Waals surface area contributed by atoms with E-state index in [2.05, 4.69) is 19.3 Å². The second kappa shape index (κ2) is 5.61. The van der Waals surface area contributed by atoms with E-state index in [0.29, 0.717) is 6.04 Å². The zero-order valence-electron chi connectivity index (χ0n) is 9.05. The molecule has 1 aliphatic carbocycles. The van der Waals surface area contributed by atoms with E-state index in [1.165, 1.54) is 38.5 Å². The van der Waals surface area contributed by atoms with E-state index in [0.717, 1.165) is 11.8 Å². The Morgan fingerprint density at radius 3 is 2.31 bits per heavy atom. The first-order valence-corrected chi connectivity index (χ1v) is 5.70. The smallest absolute Gasteiger partial charge is 0.0238 e. The Labute approximate surface area is 82.2 Å². The van der Waals surface area contributed by atoms with Crippen molar-refractivity contribution in [1.82, 2.24) is 5.43 Å². The van der Waals surface area contributed by atoms with Crippen LogP contribution in [0.2, 0.25) is 0 Å². The molecule has 0 aliphatic heterocycles. The normalized spacial score (nSPS) is 21.2. The molecule has 0 radical (unpaired) electrons. The average molecular weight is 184 g/mol. The van der Waals surface area contributed by atoms with Crippen molar-refractivity contribution in [2.45, 2.75) is 58.4 Å². The third-order valence-corrected chi connectivity index (χ3v) is 3.24. The Morgan fingerprint density at radius 2 is 1.85 bits per heavy atom. The number of hydrogen-bond acceptors (Lipinski definition) is 2. The number of rotatable bonds is 5. The number of nitrogens with two attached hydrogens (primary N) is 1. The van der Waals surface area contributed by atoms with Gasteiger partial charge in [-0.3, -0.25) is 11.3 Å². The zero-order chi connectivity index (χ0) is 9.68. The van der Waals surface area contributed by atoms with Crippen molar-refractivity contribution in [2.24, 2.45) is 17.7 Å². The van der Waals surface area contributed by atoms with Crippen LogP contribution in [0.25, 0.3) is 0 Å². The van der Waals surface area contributed by atoms with Crippen LogP contribution >= 0.6 is 0 Å². The second-order valence-corrected chi connectivity index (χ2v) is 4.79. The predicted octanol–water partition coefficient (Wildman–Crippen LogP) is 2.44. The standard InChI is InChI=1S/C11H24N2/c1-9(2)7-8-11(13-12)10-5-3-4-6-10/h9-11,13H,3-8,12H2,1-2H3. The summed E-state index contributed by atoms with van der Waals surface area (Å²) in [5.41, 5.74) is 3.00. The molecule has 1 atom stereocenters. The first-order valence-electron chi connectivity index (χ1n) is 5.70. The van der Waals surface area contributed by atoms with E-state index in [-0.39, 0.29) is 0 Å². The van der Waals surface area contributed by atoms with Crippen LogP contribution in [0.5, 0.6) is 0 Å². The lowest BCUT2D eigenvalue weighted by Gasteiger charge is -2.23. The molecule has 1 aliphatic rings. The molecule has 78 valence electrons. The summed E-state index contributed by atoms with van der Waals surface area (Å²) in [5, 5.41) is 0. The molecule has 1 fully saturated rings. The van der Waals surface area contributed by atoms with Gasteiger partial charge in [-0.2, -0.15) is 0 Å². The van der Waals surface area contributed by atoms with Gasteiger partial charge in [0, 0.05) is 6.04 Å². The lowest BCUT2D eigenvalue weighted by Crippen LogP contribution is -2.40. The van der Waals surface area contributed by atoms with Gasteiger partial charge < -0.3 is 0 Å². The van der Waals surface area contributed by atoms with Crippen LogP contribution in [-0.4, -0.2) is 6.04 Å². The highest BCUT2D eigenvalue weighted by molar-refractivity contribution is 4.79. The average Bonchev–Trinajstić information content (AvgIpc) is 2.58. The molecular weight excluding hydrogens is 160 g/mol. The van der Waals surface area contributed by atoms with Crippen LogP contribution < -0.4 is 11.3 Å². The number of hydrogen-bond donors (Lipinski definition) is 2. The van der Waals surface area contributed by atoms with Crippen LogP contribution in [0.1, 0.15) is 52.4 Å². The molecule has 0 bridgehead atoms. The maximum atomic E-state index is 5.59. The summed E-state index contributed by atoms with van der Waals surface area (Å²) in [6, 6.07) is 0.574. The summed E-state index contributed by atoms with van der Waals surface area (Å²) >= 11 is 0. The van der Waals surface area contributed by atoms with E-state index < -0.39 is 0 Å². The molecule has 0 heterocycles. The molecule has 2 nitrogen and oxygen atoms in total. The van der Waals surface area contributed by atoms with Crippen molar-refractivity contribution in [3.8, 4) is 0 Å². The van der Waals surface area contributed by atoms with Crippen molar-refractivity contribution >= 4 is 0 Å². The molecule has 0 spiro atoms. The summed E-state index contributed by atoms with van der Waals surface area (Å²) in [7, 11) is 0. The van der Waals surface area contributed by atoms with Crippen molar-refractivity contribution in [3.63, 3.8) is 0 Å². The molecule has 0 aromatic rings. The molecule has 13 heavy (non-hydrogen) atoms. The highest BCUT2D eigenvalue weighted by Gasteiger charge is 2.23. The fourth-order valence-electron chi connectivity index (χ4n) is 2.33. The van der Waals surface area contributed by atoms with Gasteiger partial charge in [-0.05, 0) is 37.5 Å². The van der Waals surface area contributed by atoms with E-state index in [9.17, 15) is 0 Å². The maximum Gasteiger partial charge on any atom is 0.0238 e. The van der Waals surface area contributed by atoms with Crippen LogP contribution in [0.15, 0.2) is 0 Å². The summed E-state index contributed by atoms with van der Waals surface area (Å²) in [4.78, 5) is 0. The van der Waals surface area contributed by atoms with Crippen molar-refractivity contribution < 1.29 is 0 Å². The molecule has 3 N–H and O–H groups in total. The summed E-state index contributed by atoms with van der Waals surface area (Å²) in [6.07, 6.45) is 8.12. The third kappa shape index (κ3) is 3.65. The van der Waals surface area contributed by atoms with Gasteiger partial charge in [-0.1, -0.05) is 26.7 Å². The number of nitrogens with one attached hydrogen (secondary N) is 1. The van der Waals surface area contributed by atoms with Gasteiger partial charge in [0.2, 0.25) is 0 Å². The molecular formula is C11H24N2. The van der Waals surface area contributed by atoms with Gasteiger partial charge in [-0.15, -0.1) is 0 Å². The van der Waals surface area contributed by atoms with Gasteiger partial charge in [0.25, 0.3) is 0 Å². The minimum absolute atomic E-state index is 0.574. The van der Waals surface area contributed by atoms with Gasteiger partial charge in [0.05, 0.1) is 0 Å². The summed E-state index contributed by atoms with van der Waals surface area (Å²) in [5.74, 6) is 7.24. The summed E-state index contributed by atoms with van der Waals surface area (Å²) in [6.45, 7) is 4.56. The topological polar surface area (TPSA) is 38.0 Å². The van der Waals surface area contributed by atoms with Gasteiger partial charge >= 0.3 is 0 Å². The Hall–Kier alpha value is -0.0800. The van der Waals surface area contributed by atoms with Crippen LogP contribution in [0.3, 0.4) is 0 Å². The minimum Gasteiger partial charge on any atom is -0.271 e. The quantitative estimate of drug-likeness (QED) is 0.509. The highest BCUT2D eigenvalue weighted by atomic mass is 15.2. The predicted molar refractivity (Wildman–Crippen MR) is 57.1 cm³/mol. The maximum absolute atomic E-state index is 5.59. The molecule has 2 heteroatoms. The molecule has 1 unspecified atom stereocenters. The van der Waals surface area contributed by atoms with Crippen LogP contribution in [0.4, 0.5) is 0 Å². The third-order valence-electron chi connectivity index (χ3n) is 3.24. The Kier molecular flexibility index (Phi) is 4.74. The molecule has 1 rings (SSSR count). The lowest BCUT2D eigenvalue weighted by molar-refractivity contribution is 0.324. The zero-order valence-corrected chi connectivity index (χ0v) is 9.05. The monoisotopic (exact) mass is 184 g/mol. The highest BCUT2D eigenvalue weighted by Crippen LogP contribution is 2.29. The van der Waals surface area contributed by atoms with Crippen molar-refractivity contribution in [1.29, 1.82) is 0 Å². The molecule has 1 saturated carbocycles. The Morgan fingerprint density at radius 1 is 1.23 bits per heavy atom. The largest absolute Gasteiger partial charge is 0.271 e. The second-order valence-electron chi connectivity index (χ2n) is 4.79. The number of hydrazine groups is 1. The Balaban J connectivity index is 2.24. The molecule has 0 saturated heterocycles. The SMILES string of the molecule is CC(C)CCC(NN)C1CCCC1. The molecule has 0 aromatic carbocycles. The molecule has 0 amide bonds. The van der Waals surface area contributed by atoms with Gasteiger partial charge in [-0.25, -0.2) is 0 Å². The van der Waals surface area contributed by atoms with Crippen LogP contribution in [0, 0.1) is 11.8 Å². The fraction of sp³-hybridized carbons (Fsp3) is 1.00. The first kappa shape index (κ1) is 11.0. The van der Waals surface area contributed by atoms with E-state index in [4.69, 9.17) is 5.84 Å². The van der Waals surface area contributed by atoms with Crippen LogP contribution in [-0.2, 0) is 0 Å². The Bertz CT molecular complexity index is 128. The fourth-order valence-corrected chi connectivity index (χ4v) is 2.33. The van der Waals surface area contributed by atoms with E-state index >= 15 is 0 Å². The van der Waals surface area contributed by atoms with Gasteiger partial charge in [0.15, 0.2) is 0 Å². The lowest BCUT2D eigenvalue weighted by atomic mass is 9.92.